The van der Waals surface area contributed by atoms with E-state index in [1.807, 2.05) is 6.08 Å². The summed E-state index contributed by atoms with van der Waals surface area (Å²) in [5, 5.41) is 1.36. The van der Waals surface area contributed by atoms with Gasteiger partial charge in [0.1, 0.15) is 0 Å². The standard InChI is InChI=1S/C21H24N2/c1-6-21(4)11-10-15-18(19(21)22-5)13-12-23-16-9-7-8-14(17(13)16)20(15,2)3/h6-9,12,15,18-19,23H,1,10-11H2,2-4H3/t15-,18-,19+,21+/m0/s1. The van der Waals surface area contributed by atoms with Gasteiger partial charge in [0.2, 0.25) is 6.04 Å². The Labute approximate surface area is 138 Å². The Balaban J connectivity index is 2.02. The number of H-pyrrole nitrogens is 1. The van der Waals surface area contributed by atoms with Gasteiger partial charge in [0, 0.05) is 17.1 Å². The third kappa shape index (κ3) is 1.68. The average Bonchev–Trinajstić information content (AvgIpc) is 2.97. The zero-order valence-corrected chi connectivity index (χ0v) is 14.2. The lowest BCUT2D eigenvalue weighted by Gasteiger charge is -2.50. The molecule has 4 rings (SSSR count). The third-order valence-electron chi connectivity index (χ3n) is 6.77. The molecule has 0 aliphatic heterocycles. The molecule has 118 valence electrons. The predicted octanol–water partition coefficient (Wildman–Crippen LogP) is 5.43. The van der Waals surface area contributed by atoms with Crippen LogP contribution in [0.15, 0.2) is 37.1 Å². The van der Waals surface area contributed by atoms with E-state index in [0.29, 0.717) is 11.8 Å². The summed E-state index contributed by atoms with van der Waals surface area (Å²) in [7, 11) is 0. The fourth-order valence-corrected chi connectivity index (χ4v) is 5.28. The first-order chi connectivity index (χ1) is 10.9. The molecule has 23 heavy (non-hydrogen) atoms. The van der Waals surface area contributed by atoms with E-state index in [9.17, 15) is 0 Å². The highest BCUT2D eigenvalue weighted by Gasteiger charge is 2.57. The van der Waals surface area contributed by atoms with Crippen LogP contribution in [0.25, 0.3) is 15.7 Å². The van der Waals surface area contributed by atoms with Crippen LogP contribution in [-0.2, 0) is 5.41 Å². The molecule has 2 aliphatic rings. The molecule has 2 nitrogen and oxygen atoms in total. The fraction of sp³-hybridized carbons (Fsp3) is 0.476. The molecule has 0 spiro atoms. The van der Waals surface area contributed by atoms with Crippen molar-refractivity contribution in [1.82, 2.24) is 4.98 Å². The van der Waals surface area contributed by atoms with Crippen molar-refractivity contribution in [3.05, 3.63) is 59.6 Å². The van der Waals surface area contributed by atoms with Crippen LogP contribution >= 0.6 is 0 Å². The smallest absolute Gasteiger partial charge is 0.239 e. The molecule has 1 N–H and O–H groups in total. The Hall–Kier alpha value is -2.01. The van der Waals surface area contributed by atoms with Gasteiger partial charge in [0.25, 0.3) is 0 Å². The van der Waals surface area contributed by atoms with Gasteiger partial charge in [-0.1, -0.05) is 32.1 Å². The van der Waals surface area contributed by atoms with Crippen LogP contribution in [0.2, 0.25) is 0 Å². The van der Waals surface area contributed by atoms with Gasteiger partial charge < -0.3 is 9.83 Å². The lowest BCUT2D eigenvalue weighted by atomic mass is 9.51. The molecule has 1 fully saturated rings. The van der Waals surface area contributed by atoms with Gasteiger partial charge in [-0.2, -0.15) is 0 Å². The van der Waals surface area contributed by atoms with E-state index in [-0.39, 0.29) is 16.9 Å². The average molecular weight is 304 g/mol. The van der Waals surface area contributed by atoms with Crippen molar-refractivity contribution in [2.45, 2.75) is 51.0 Å². The molecule has 4 atom stereocenters. The number of benzene rings is 1. The van der Waals surface area contributed by atoms with E-state index in [0.717, 1.165) is 12.8 Å². The van der Waals surface area contributed by atoms with Gasteiger partial charge in [-0.15, -0.1) is 6.58 Å². The highest BCUT2D eigenvalue weighted by atomic mass is 14.8. The van der Waals surface area contributed by atoms with Crippen molar-refractivity contribution in [2.75, 3.05) is 0 Å². The normalized spacial score (nSPS) is 34.6. The van der Waals surface area contributed by atoms with Crippen LogP contribution in [0.4, 0.5) is 0 Å². The minimum absolute atomic E-state index is 0.0228. The highest BCUT2D eigenvalue weighted by Crippen LogP contribution is 2.59. The quantitative estimate of drug-likeness (QED) is 0.535. The van der Waals surface area contributed by atoms with Gasteiger partial charge in [-0.3, -0.25) is 0 Å². The van der Waals surface area contributed by atoms with Crippen molar-refractivity contribution >= 4 is 10.9 Å². The Morgan fingerprint density at radius 2 is 2.13 bits per heavy atom. The van der Waals surface area contributed by atoms with Crippen LogP contribution in [0.1, 0.15) is 50.7 Å². The first-order valence-electron chi connectivity index (χ1n) is 8.54. The summed E-state index contributed by atoms with van der Waals surface area (Å²) in [6.45, 7) is 18.9. The summed E-state index contributed by atoms with van der Waals surface area (Å²) >= 11 is 0. The van der Waals surface area contributed by atoms with Crippen molar-refractivity contribution in [1.29, 1.82) is 0 Å². The molecule has 0 saturated heterocycles. The SMILES string of the molecule is [C-]#[N+][C@@H]1[C@H]2c3c[nH]c4cccc(c34)C(C)(C)[C@H]2CC[C@@]1(C)C=C. The predicted molar refractivity (Wildman–Crippen MR) is 95.5 cm³/mol. The lowest BCUT2D eigenvalue weighted by molar-refractivity contribution is 0.119. The van der Waals surface area contributed by atoms with Crippen LogP contribution in [0.5, 0.6) is 0 Å². The number of aromatic nitrogens is 1. The first kappa shape index (κ1) is 14.6. The van der Waals surface area contributed by atoms with Crippen LogP contribution < -0.4 is 0 Å². The zero-order valence-electron chi connectivity index (χ0n) is 14.2. The Morgan fingerprint density at radius 3 is 2.83 bits per heavy atom. The minimum Gasteiger partial charge on any atom is -0.361 e. The second-order valence-electron chi connectivity index (χ2n) is 8.15. The number of nitrogens with one attached hydrogen (secondary N) is 1. The second-order valence-corrected chi connectivity index (χ2v) is 8.15. The summed E-state index contributed by atoms with van der Waals surface area (Å²) in [5.74, 6) is 0.812. The van der Waals surface area contributed by atoms with E-state index in [2.05, 4.69) is 61.6 Å². The summed E-state index contributed by atoms with van der Waals surface area (Å²) in [5.41, 5.74) is 4.02. The van der Waals surface area contributed by atoms with E-state index in [4.69, 9.17) is 6.57 Å². The van der Waals surface area contributed by atoms with E-state index >= 15 is 0 Å². The van der Waals surface area contributed by atoms with Crippen LogP contribution in [0.3, 0.4) is 0 Å². The Bertz CT molecular complexity index is 835. The Morgan fingerprint density at radius 1 is 1.35 bits per heavy atom. The van der Waals surface area contributed by atoms with Gasteiger partial charge in [-0.25, -0.2) is 6.57 Å². The van der Waals surface area contributed by atoms with Crippen molar-refractivity contribution < 1.29 is 0 Å². The number of hydrogen-bond donors (Lipinski definition) is 1. The van der Waals surface area contributed by atoms with E-state index < -0.39 is 0 Å². The Kier molecular flexibility index (Phi) is 2.86. The van der Waals surface area contributed by atoms with E-state index in [1.165, 1.54) is 22.0 Å². The summed E-state index contributed by atoms with van der Waals surface area (Å²) in [6.07, 6.45) is 6.41. The number of aromatic amines is 1. The molecule has 0 radical (unpaired) electrons. The molecule has 0 unspecified atom stereocenters. The van der Waals surface area contributed by atoms with Gasteiger partial charge in [0.05, 0.1) is 11.3 Å². The van der Waals surface area contributed by atoms with E-state index in [1.54, 1.807) is 0 Å². The molecule has 1 aromatic heterocycles. The van der Waals surface area contributed by atoms with Gasteiger partial charge in [-0.05, 0) is 48.3 Å². The number of hydrogen-bond acceptors (Lipinski definition) is 0. The molecule has 1 aromatic carbocycles. The third-order valence-corrected chi connectivity index (χ3v) is 6.77. The summed E-state index contributed by atoms with van der Waals surface area (Å²) in [6, 6.07) is 6.57. The number of fused-ring (bicyclic) bond motifs is 2. The maximum absolute atomic E-state index is 7.90. The maximum Gasteiger partial charge on any atom is 0.239 e. The molecule has 2 aromatic rings. The molecule has 0 bridgehead atoms. The number of nitrogens with zero attached hydrogens (tertiary/aromatic N) is 1. The topological polar surface area (TPSA) is 20.1 Å². The zero-order chi connectivity index (χ0) is 16.4. The van der Waals surface area contributed by atoms with Crippen molar-refractivity contribution in [3.8, 4) is 0 Å². The molecular weight excluding hydrogens is 280 g/mol. The van der Waals surface area contributed by atoms with Crippen LogP contribution in [-0.4, -0.2) is 11.0 Å². The van der Waals surface area contributed by atoms with Gasteiger partial charge >= 0.3 is 0 Å². The fourth-order valence-electron chi connectivity index (χ4n) is 5.28. The number of rotatable bonds is 1. The summed E-state index contributed by atoms with van der Waals surface area (Å²) in [4.78, 5) is 7.58. The monoisotopic (exact) mass is 304 g/mol. The van der Waals surface area contributed by atoms with Crippen molar-refractivity contribution in [3.63, 3.8) is 0 Å². The molecule has 2 heteroatoms. The second kappa shape index (κ2) is 4.51. The molecular formula is C21H24N2. The molecule has 0 amide bonds. The molecule has 1 heterocycles. The largest absolute Gasteiger partial charge is 0.361 e. The van der Waals surface area contributed by atoms with Crippen molar-refractivity contribution in [2.24, 2.45) is 11.3 Å². The summed E-state index contributed by atoms with van der Waals surface area (Å²) < 4.78 is 0. The molecule has 2 aliphatic carbocycles. The minimum atomic E-state index is -0.0884. The van der Waals surface area contributed by atoms with Gasteiger partial charge in [0.15, 0.2) is 0 Å². The first-order valence-corrected chi connectivity index (χ1v) is 8.54. The highest BCUT2D eigenvalue weighted by molar-refractivity contribution is 5.89. The maximum atomic E-state index is 7.90. The molecule has 1 saturated carbocycles. The van der Waals surface area contributed by atoms with Crippen LogP contribution in [0, 0.1) is 17.9 Å². The lowest BCUT2D eigenvalue weighted by Crippen LogP contribution is -2.49.